The number of nitrogens with one attached hydrogen (secondary N) is 5. The van der Waals surface area contributed by atoms with Crippen LogP contribution in [0.1, 0.15) is 74.8 Å². The van der Waals surface area contributed by atoms with E-state index in [4.69, 9.17) is 23.7 Å². The summed E-state index contributed by atoms with van der Waals surface area (Å²) in [6.45, 7) is 3.97. The molecule has 4 amide bonds. The first-order valence-corrected chi connectivity index (χ1v) is 23.0. The van der Waals surface area contributed by atoms with E-state index in [0.29, 0.717) is 64.0 Å². The van der Waals surface area contributed by atoms with Crippen LogP contribution in [0.3, 0.4) is 0 Å². The number of ether oxygens (including phenoxy) is 5. The fourth-order valence-corrected chi connectivity index (χ4v) is 8.21. The second kappa shape index (κ2) is 24.4. The first kappa shape index (κ1) is 50.7. The van der Waals surface area contributed by atoms with Gasteiger partial charge in [-0.05, 0) is 138 Å². The molecule has 0 aromatic heterocycles. The highest BCUT2D eigenvalue weighted by Gasteiger charge is 2.20. The average molecular weight is 963 g/mol. The predicted molar refractivity (Wildman–Crippen MR) is 270 cm³/mol. The maximum Gasteiger partial charge on any atom is 0.319 e. The summed E-state index contributed by atoms with van der Waals surface area (Å²) in [4.78, 5) is 64.6. The number of methoxy groups -OCH3 is 5. The molecule has 0 spiro atoms. The largest absolute Gasteiger partial charge is 0.493 e. The lowest BCUT2D eigenvalue weighted by atomic mass is 9.99. The summed E-state index contributed by atoms with van der Waals surface area (Å²) >= 11 is 0. The van der Waals surface area contributed by atoms with Crippen molar-refractivity contribution >= 4 is 41.0 Å². The quantitative estimate of drug-likeness (QED) is 0.0628. The van der Waals surface area contributed by atoms with Crippen LogP contribution < -0.4 is 45.5 Å². The molecule has 5 N–H and O–H groups in total. The van der Waals surface area contributed by atoms with Crippen molar-refractivity contribution in [2.24, 2.45) is 0 Å². The number of rotatable bonds is 16. The summed E-state index contributed by atoms with van der Waals surface area (Å²) in [5.41, 5.74) is 9.79. The maximum atomic E-state index is 13.0. The summed E-state index contributed by atoms with van der Waals surface area (Å²) in [6, 6.07) is 36.2. The normalized spacial score (nSPS) is 12.6. The molecule has 0 fully saturated rings. The third-order valence-electron chi connectivity index (χ3n) is 12.1. The standard InChI is InChI=1S/C29H31N3O6.C26H27N3O4/c1-36-25-10-8-22(15-26(25)37-2)28(34)30-16-19-5-4-6-21(13-19)29(35)31-24-9-7-20-11-12-32(17-23(20)14-24)18-27(33)38-3;1-32-23-9-7-20(14-24(23)33-2)25(30)28-15-17-4-3-5-19(12-17)26(31)29-22-8-6-18-10-11-27-16-21(18)13-22/h4-10,13-15H,11-12,16-18H2,1-3H3,(H,30,34)(H,31,35);3-9,12-14,27H,10-11,15-16H2,1-2H3,(H,28,30)(H,29,31). The van der Waals surface area contributed by atoms with Crippen molar-refractivity contribution in [3.63, 3.8) is 0 Å². The fourth-order valence-electron chi connectivity index (χ4n) is 8.21. The van der Waals surface area contributed by atoms with Gasteiger partial charge >= 0.3 is 5.97 Å². The van der Waals surface area contributed by atoms with E-state index in [0.717, 1.165) is 54.9 Å². The highest BCUT2D eigenvalue weighted by Crippen LogP contribution is 2.29. The minimum atomic E-state index is -0.267. The molecule has 0 saturated carbocycles. The van der Waals surface area contributed by atoms with Crippen molar-refractivity contribution in [2.75, 3.05) is 65.8 Å². The molecule has 0 atom stereocenters. The molecule has 8 rings (SSSR count). The first-order valence-electron chi connectivity index (χ1n) is 23.0. The number of amides is 4. The monoisotopic (exact) mass is 962 g/mol. The van der Waals surface area contributed by atoms with Gasteiger partial charge in [0.25, 0.3) is 23.6 Å². The highest BCUT2D eigenvalue weighted by molar-refractivity contribution is 6.05. The molecule has 6 aromatic carbocycles. The van der Waals surface area contributed by atoms with Gasteiger partial charge in [-0.2, -0.15) is 0 Å². The average Bonchev–Trinajstić information content (AvgIpc) is 3.41. The number of nitrogens with zero attached hydrogens (tertiary/aromatic N) is 1. The molecule has 0 aliphatic carbocycles. The van der Waals surface area contributed by atoms with Crippen molar-refractivity contribution in [3.05, 3.63) is 177 Å². The van der Waals surface area contributed by atoms with Crippen LogP contribution in [0.2, 0.25) is 0 Å². The number of anilines is 2. The van der Waals surface area contributed by atoms with Crippen LogP contribution >= 0.6 is 0 Å². The molecule has 2 aliphatic rings. The molecule has 16 heteroatoms. The van der Waals surface area contributed by atoms with E-state index in [2.05, 4.69) is 32.7 Å². The van der Waals surface area contributed by atoms with Gasteiger partial charge in [-0.15, -0.1) is 0 Å². The molecule has 0 bridgehead atoms. The topological polar surface area (TPSA) is 195 Å². The second-order valence-corrected chi connectivity index (χ2v) is 16.7. The number of carbonyl (C=O) groups excluding carboxylic acids is 5. The second-order valence-electron chi connectivity index (χ2n) is 16.7. The van der Waals surface area contributed by atoms with Crippen molar-refractivity contribution in [1.82, 2.24) is 20.9 Å². The number of hydrogen-bond donors (Lipinski definition) is 5. The third-order valence-corrected chi connectivity index (χ3v) is 12.1. The van der Waals surface area contributed by atoms with Crippen LogP contribution in [-0.4, -0.2) is 89.7 Å². The molecular weight excluding hydrogens is 905 g/mol. The van der Waals surface area contributed by atoms with Crippen LogP contribution in [-0.2, 0) is 48.6 Å². The molecule has 6 aromatic rings. The van der Waals surface area contributed by atoms with Gasteiger partial charge in [0.05, 0.1) is 42.1 Å². The zero-order valence-electron chi connectivity index (χ0n) is 40.4. The van der Waals surface area contributed by atoms with Gasteiger partial charge < -0.3 is 50.3 Å². The van der Waals surface area contributed by atoms with Gasteiger partial charge in [-0.3, -0.25) is 28.9 Å². The Morgan fingerprint density at radius 1 is 0.507 bits per heavy atom. The van der Waals surface area contributed by atoms with E-state index in [1.165, 1.54) is 45.1 Å². The van der Waals surface area contributed by atoms with Crippen molar-refractivity contribution in [2.45, 2.75) is 39.0 Å². The summed E-state index contributed by atoms with van der Waals surface area (Å²) in [6.07, 6.45) is 1.83. The summed E-state index contributed by atoms with van der Waals surface area (Å²) in [5, 5.41) is 15.0. The Hall–Kier alpha value is -8.21. The van der Waals surface area contributed by atoms with Crippen molar-refractivity contribution < 1.29 is 47.7 Å². The van der Waals surface area contributed by atoms with Gasteiger partial charge in [-0.25, -0.2) is 0 Å². The molecular formula is C55H58N6O10. The number of carbonyl (C=O) groups is 5. The zero-order chi connectivity index (χ0) is 50.3. The van der Waals surface area contributed by atoms with Crippen LogP contribution in [0.4, 0.5) is 11.4 Å². The number of benzene rings is 6. The van der Waals surface area contributed by atoms with Gasteiger partial charge in [0, 0.05) is 66.4 Å². The Morgan fingerprint density at radius 3 is 1.51 bits per heavy atom. The minimum Gasteiger partial charge on any atom is -0.493 e. The smallest absolute Gasteiger partial charge is 0.319 e. The van der Waals surface area contributed by atoms with Gasteiger partial charge in [0.1, 0.15) is 0 Å². The Labute approximate surface area is 413 Å². The molecule has 2 heterocycles. The van der Waals surface area contributed by atoms with Crippen LogP contribution in [0.5, 0.6) is 23.0 Å². The number of hydrogen-bond acceptors (Lipinski definition) is 12. The van der Waals surface area contributed by atoms with E-state index in [9.17, 15) is 24.0 Å². The Balaban J connectivity index is 0.000000211. The molecule has 16 nitrogen and oxygen atoms in total. The number of fused-ring (bicyclic) bond motifs is 2. The van der Waals surface area contributed by atoms with Crippen LogP contribution in [0.25, 0.3) is 0 Å². The SMILES string of the molecule is COC(=O)CN1CCc2ccc(NC(=O)c3cccc(CNC(=O)c4ccc(OC)c(OC)c4)c3)cc2C1.COc1ccc(C(=O)NCc2cccc(C(=O)Nc3ccc4c(c3)CNCC4)c2)cc1OC. The summed E-state index contributed by atoms with van der Waals surface area (Å²) in [5.74, 6) is 0.844. The Morgan fingerprint density at radius 2 is 1.00 bits per heavy atom. The van der Waals surface area contributed by atoms with Crippen LogP contribution in [0, 0.1) is 0 Å². The van der Waals surface area contributed by atoms with E-state index in [-0.39, 0.29) is 42.7 Å². The Bertz CT molecular complexity index is 2900. The lowest BCUT2D eigenvalue weighted by molar-refractivity contribution is -0.142. The van der Waals surface area contributed by atoms with Gasteiger partial charge in [0.15, 0.2) is 23.0 Å². The lowest BCUT2D eigenvalue weighted by Crippen LogP contribution is -2.35. The molecule has 0 saturated heterocycles. The van der Waals surface area contributed by atoms with E-state index in [1.54, 1.807) is 73.8 Å². The molecule has 0 unspecified atom stereocenters. The van der Waals surface area contributed by atoms with E-state index >= 15 is 0 Å². The van der Waals surface area contributed by atoms with Crippen molar-refractivity contribution in [1.29, 1.82) is 0 Å². The maximum absolute atomic E-state index is 13.0. The summed E-state index contributed by atoms with van der Waals surface area (Å²) < 4.78 is 25.7. The molecule has 0 radical (unpaired) electrons. The van der Waals surface area contributed by atoms with Crippen molar-refractivity contribution in [3.8, 4) is 23.0 Å². The minimum absolute atomic E-state index is 0.188. The predicted octanol–water partition coefficient (Wildman–Crippen LogP) is 6.95. The van der Waals surface area contributed by atoms with E-state index < -0.39 is 0 Å². The molecule has 2 aliphatic heterocycles. The lowest BCUT2D eigenvalue weighted by Gasteiger charge is -2.28. The zero-order valence-corrected chi connectivity index (χ0v) is 40.4. The molecule has 368 valence electrons. The van der Waals surface area contributed by atoms with E-state index in [1.807, 2.05) is 53.4 Å². The number of esters is 1. The Kier molecular flexibility index (Phi) is 17.4. The van der Waals surface area contributed by atoms with Gasteiger partial charge in [-0.1, -0.05) is 36.4 Å². The molecule has 71 heavy (non-hydrogen) atoms. The fraction of sp³-hybridized carbons (Fsp3) is 0.255. The van der Waals surface area contributed by atoms with Gasteiger partial charge in [0.2, 0.25) is 0 Å². The third kappa shape index (κ3) is 13.5. The van der Waals surface area contributed by atoms with Crippen LogP contribution in [0.15, 0.2) is 121 Å². The summed E-state index contributed by atoms with van der Waals surface area (Å²) in [7, 11) is 7.50. The highest BCUT2D eigenvalue weighted by atomic mass is 16.5. The first-order chi connectivity index (χ1) is 34.5.